The molecule has 1 N–H and O–H groups in total. The summed E-state index contributed by atoms with van der Waals surface area (Å²) in [6, 6.07) is 12.0. The second kappa shape index (κ2) is 7.33. The number of hydrogen-bond acceptors (Lipinski definition) is 4. The zero-order chi connectivity index (χ0) is 18.7. The highest BCUT2D eigenvalue weighted by Crippen LogP contribution is 2.25. The second-order valence-corrected chi connectivity index (χ2v) is 8.00. The number of hydrogen-bond donors (Lipinski definition) is 1. The van der Waals surface area contributed by atoms with Gasteiger partial charge in [0.05, 0.1) is 11.4 Å². The zero-order valence-electron chi connectivity index (χ0n) is 14.2. The Bertz CT molecular complexity index is 882. The minimum Gasteiger partial charge on any atom is -0.481 e. The molecule has 0 spiro atoms. The van der Waals surface area contributed by atoms with E-state index in [1.807, 2.05) is 0 Å². The lowest BCUT2D eigenvalue weighted by Gasteiger charge is -2.18. The summed E-state index contributed by atoms with van der Waals surface area (Å²) >= 11 is 0. The van der Waals surface area contributed by atoms with Gasteiger partial charge in [0.25, 0.3) is 5.91 Å². The number of carbonyl (C=O) groups excluding carboxylic acids is 1. The fraction of sp³-hybridized carbons (Fsp3) is 0.278. The largest absolute Gasteiger partial charge is 0.481 e. The van der Waals surface area contributed by atoms with Crippen LogP contribution in [0.1, 0.15) is 13.3 Å². The molecule has 0 aromatic heterocycles. The van der Waals surface area contributed by atoms with E-state index in [4.69, 9.17) is 4.74 Å². The first-order chi connectivity index (χ1) is 12.3. The lowest BCUT2D eigenvalue weighted by atomic mass is 10.2. The summed E-state index contributed by atoms with van der Waals surface area (Å²) in [7, 11) is -3.23. The molecule has 0 aliphatic carbocycles. The average Bonchev–Trinajstić information content (AvgIpc) is 2.97. The molecule has 2 aromatic carbocycles. The molecule has 3 rings (SSSR count). The van der Waals surface area contributed by atoms with E-state index in [1.54, 1.807) is 31.2 Å². The van der Waals surface area contributed by atoms with Crippen LogP contribution in [0.25, 0.3) is 0 Å². The van der Waals surface area contributed by atoms with Crippen LogP contribution in [0.5, 0.6) is 5.75 Å². The molecule has 0 bridgehead atoms. The molecule has 8 heteroatoms. The molecule has 1 fully saturated rings. The van der Waals surface area contributed by atoms with Crippen molar-refractivity contribution >= 4 is 27.3 Å². The number of amides is 1. The van der Waals surface area contributed by atoms with Crippen molar-refractivity contribution < 1.29 is 22.3 Å². The molecule has 1 heterocycles. The summed E-state index contributed by atoms with van der Waals surface area (Å²) in [5.41, 5.74) is 1.11. The van der Waals surface area contributed by atoms with Gasteiger partial charge in [0, 0.05) is 12.2 Å². The predicted molar refractivity (Wildman–Crippen MR) is 97.3 cm³/mol. The van der Waals surface area contributed by atoms with Gasteiger partial charge < -0.3 is 10.1 Å². The number of nitrogens with one attached hydrogen (secondary N) is 1. The van der Waals surface area contributed by atoms with Gasteiger partial charge >= 0.3 is 0 Å². The number of benzene rings is 2. The highest BCUT2D eigenvalue weighted by Gasteiger charge is 2.28. The van der Waals surface area contributed by atoms with Crippen molar-refractivity contribution in [1.29, 1.82) is 0 Å². The number of anilines is 2. The van der Waals surface area contributed by atoms with E-state index < -0.39 is 16.1 Å². The molecular weight excluding hydrogens is 359 g/mol. The number of ether oxygens (including phenoxy) is 1. The molecule has 138 valence electrons. The third kappa shape index (κ3) is 4.13. The van der Waals surface area contributed by atoms with E-state index >= 15 is 0 Å². The van der Waals surface area contributed by atoms with Crippen LogP contribution in [0.15, 0.2) is 48.5 Å². The van der Waals surface area contributed by atoms with E-state index in [0.717, 1.165) is 0 Å². The van der Waals surface area contributed by atoms with Gasteiger partial charge in [-0.25, -0.2) is 12.8 Å². The van der Waals surface area contributed by atoms with Crippen LogP contribution < -0.4 is 14.4 Å². The van der Waals surface area contributed by atoms with Crippen molar-refractivity contribution in [3.05, 3.63) is 54.3 Å². The predicted octanol–water partition coefficient (Wildman–Crippen LogP) is 2.77. The molecule has 6 nitrogen and oxygen atoms in total. The molecule has 1 aliphatic heterocycles. The van der Waals surface area contributed by atoms with Gasteiger partial charge in [0.1, 0.15) is 11.6 Å². The summed E-state index contributed by atoms with van der Waals surface area (Å²) in [5.74, 6) is -0.196. The van der Waals surface area contributed by atoms with Crippen LogP contribution >= 0.6 is 0 Å². The van der Waals surface area contributed by atoms with Gasteiger partial charge in [0.15, 0.2) is 6.10 Å². The first kappa shape index (κ1) is 18.2. The third-order valence-electron chi connectivity index (χ3n) is 4.02. The highest BCUT2D eigenvalue weighted by atomic mass is 32.2. The summed E-state index contributed by atoms with van der Waals surface area (Å²) < 4.78 is 43.6. The lowest BCUT2D eigenvalue weighted by molar-refractivity contribution is -0.122. The molecule has 26 heavy (non-hydrogen) atoms. The Balaban J connectivity index is 1.61. The number of rotatable bonds is 5. The van der Waals surface area contributed by atoms with E-state index in [1.165, 1.54) is 28.6 Å². The number of sulfonamides is 1. The van der Waals surface area contributed by atoms with Gasteiger partial charge in [0.2, 0.25) is 10.0 Å². The smallest absolute Gasteiger partial charge is 0.265 e. The Morgan fingerprint density at radius 2 is 1.81 bits per heavy atom. The van der Waals surface area contributed by atoms with Crippen molar-refractivity contribution in [1.82, 2.24) is 0 Å². The zero-order valence-corrected chi connectivity index (χ0v) is 15.0. The maximum atomic E-state index is 12.9. The Morgan fingerprint density at radius 3 is 2.38 bits per heavy atom. The summed E-state index contributed by atoms with van der Waals surface area (Å²) in [6.45, 7) is 2.06. The van der Waals surface area contributed by atoms with Gasteiger partial charge in [-0.15, -0.1) is 0 Å². The van der Waals surface area contributed by atoms with E-state index in [2.05, 4.69) is 5.32 Å². The van der Waals surface area contributed by atoms with Crippen LogP contribution in [0.2, 0.25) is 0 Å². The lowest BCUT2D eigenvalue weighted by Crippen LogP contribution is -2.30. The molecule has 2 aromatic rings. The van der Waals surface area contributed by atoms with Gasteiger partial charge in [-0.2, -0.15) is 0 Å². The van der Waals surface area contributed by atoms with E-state index in [0.29, 0.717) is 30.1 Å². The van der Waals surface area contributed by atoms with Crippen LogP contribution in [-0.2, 0) is 14.8 Å². The SMILES string of the molecule is C[C@H](Oc1ccc(F)cc1)C(=O)Nc1ccc(N2CCCS2(=O)=O)cc1. The van der Waals surface area contributed by atoms with Crippen molar-refractivity contribution in [2.45, 2.75) is 19.4 Å². The average molecular weight is 378 g/mol. The molecule has 1 aliphatic rings. The summed E-state index contributed by atoms with van der Waals surface area (Å²) in [4.78, 5) is 12.2. The minimum absolute atomic E-state index is 0.156. The standard InChI is InChI=1S/C18H19FN2O4S/c1-13(25-17-9-3-14(19)4-10-17)18(22)20-15-5-7-16(8-6-15)21-11-2-12-26(21,23)24/h3-10,13H,2,11-12H2,1H3,(H,20,22)/t13-/m0/s1. The van der Waals surface area contributed by atoms with Crippen LogP contribution in [0, 0.1) is 5.82 Å². The van der Waals surface area contributed by atoms with Crippen molar-refractivity contribution in [3.63, 3.8) is 0 Å². The summed E-state index contributed by atoms with van der Waals surface area (Å²) in [6.07, 6.45) is -0.168. The maximum absolute atomic E-state index is 12.9. The first-order valence-corrected chi connectivity index (χ1v) is 9.80. The van der Waals surface area contributed by atoms with Gasteiger partial charge in [-0.1, -0.05) is 0 Å². The minimum atomic E-state index is -3.23. The number of halogens is 1. The third-order valence-corrected chi connectivity index (χ3v) is 5.89. The molecule has 0 radical (unpaired) electrons. The fourth-order valence-corrected chi connectivity index (χ4v) is 4.22. The molecule has 0 unspecified atom stereocenters. The van der Waals surface area contributed by atoms with Crippen molar-refractivity contribution in [3.8, 4) is 5.75 Å². The molecule has 1 saturated heterocycles. The Hall–Kier alpha value is -2.61. The van der Waals surface area contributed by atoms with Crippen molar-refractivity contribution in [2.24, 2.45) is 0 Å². The molecule has 1 amide bonds. The van der Waals surface area contributed by atoms with E-state index in [9.17, 15) is 17.6 Å². The maximum Gasteiger partial charge on any atom is 0.265 e. The topological polar surface area (TPSA) is 75.7 Å². The second-order valence-electron chi connectivity index (χ2n) is 5.99. The summed E-state index contributed by atoms with van der Waals surface area (Å²) in [5, 5.41) is 2.71. The Morgan fingerprint density at radius 1 is 1.15 bits per heavy atom. The molecule has 1 atom stereocenters. The Kier molecular flexibility index (Phi) is 5.13. The monoisotopic (exact) mass is 378 g/mol. The molecular formula is C18H19FN2O4S. The molecule has 0 saturated carbocycles. The number of nitrogens with zero attached hydrogens (tertiary/aromatic N) is 1. The van der Waals surface area contributed by atoms with Gasteiger partial charge in [-0.3, -0.25) is 9.10 Å². The first-order valence-electron chi connectivity index (χ1n) is 8.19. The van der Waals surface area contributed by atoms with E-state index in [-0.39, 0.29) is 17.5 Å². The number of carbonyl (C=O) groups is 1. The Labute approximate surface area is 151 Å². The van der Waals surface area contributed by atoms with Crippen molar-refractivity contribution in [2.75, 3.05) is 21.9 Å². The van der Waals surface area contributed by atoms with Crippen LogP contribution in [0.4, 0.5) is 15.8 Å². The quantitative estimate of drug-likeness (QED) is 0.868. The van der Waals surface area contributed by atoms with Gasteiger partial charge in [-0.05, 0) is 61.9 Å². The normalized spacial score (nSPS) is 16.9. The van der Waals surface area contributed by atoms with Crippen LogP contribution in [-0.4, -0.2) is 32.7 Å². The van der Waals surface area contributed by atoms with Crippen LogP contribution in [0.3, 0.4) is 0 Å². The fourth-order valence-electron chi connectivity index (χ4n) is 2.66. The highest BCUT2D eigenvalue weighted by molar-refractivity contribution is 7.93.